The van der Waals surface area contributed by atoms with Gasteiger partial charge in [0, 0.05) is 32.6 Å². The fraction of sp³-hybridized carbons (Fsp3) is 0.600. The molecule has 33 nitrogen and oxygen atoms in total. The normalized spacial score (nSPS) is 20.1. The summed E-state index contributed by atoms with van der Waals surface area (Å²) < 4.78 is 0. The molecular weight excluding hydrogens is 1270 g/mol. The van der Waals surface area contributed by atoms with Crippen LogP contribution in [0.5, 0.6) is 5.75 Å². The van der Waals surface area contributed by atoms with Crippen molar-refractivity contribution in [3.05, 3.63) is 65.7 Å². The zero-order valence-electron chi connectivity index (χ0n) is 56.6. The van der Waals surface area contributed by atoms with Crippen LogP contribution in [0, 0.1) is 11.8 Å². The summed E-state index contributed by atoms with van der Waals surface area (Å²) in [5.74, 6) is -10.7. The number of hydrogen-bond acceptors (Lipinski definition) is 17. The van der Waals surface area contributed by atoms with Crippen LogP contribution in [0.4, 0.5) is 0 Å². The predicted molar refractivity (Wildman–Crippen MR) is 365 cm³/mol. The van der Waals surface area contributed by atoms with E-state index < -0.39 is 150 Å². The van der Waals surface area contributed by atoms with Gasteiger partial charge in [-0.05, 0) is 132 Å². The monoisotopic (exact) mass is 1370 g/mol. The van der Waals surface area contributed by atoms with Crippen LogP contribution in [0.3, 0.4) is 0 Å². The Bertz CT molecular complexity index is 3060. The average Bonchev–Trinajstić information content (AvgIpc) is 1.94. The number of carbonyl (C=O) groups is 12. The van der Waals surface area contributed by atoms with Crippen molar-refractivity contribution in [3.63, 3.8) is 0 Å². The number of aliphatic imine (C=N–C) groups is 2. The first-order valence-electron chi connectivity index (χ1n) is 33.5. The van der Waals surface area contributed by atoms with Crippen molar-refractivity contribution in [2.75, 3.05) is 39.3 Å². The highest BCUT2D eigenvalue weighted by Gasteiger charge is 2.41. The molecule has 0 bridgehead atoms. The van der Waals surface area contributed by atoms with Crippen LogP contribution >= 0.6 is 0 Å². The number of aromatic hydroxyl groups is 1. The minimum atomic E-state index is -1.55. The lowest BCUT2D eigenvalue weighted by Crippen LogP contribution is -2.61. The molecule has 0 radical (unpaired) electrons. The number of hydrogen-bond donors (Lipinski definition) is 18. The maximum Gasteiger partial charge on any atom is 0.245 e. The van der Waals surface area contributed by atoms with Gasteiger partial charge in [0.1, 0.15) is 60.1 Å². The number of likely N-dealkylation sites (tertiary alicyclic amines) is 1. The molecule has 0 spiro atoms. The first-order chi connectivity index (χ1) is 46.6. The van der Waals surface area contributed by atoms with E-state index in [-0.39, 0.29) is 127 Å². The number of benzene rings is 2. The molecule has 2 fully saturated rings. The number of nitrogens with one attached hydrogen (secondary N) is 10. The lowest BCUT2D eigenvalue weighted by atomic mass is 9.96. The molecule has 542 valence electrons. The SMILES string of the molecule is CC[C@H](C)[C@H](NC(=O)[C@H](CCCN=C(N)N)NC(=O)[C@@H]1CCCCNC(=O)C[C@H](NC(=O)[C@@H](N)Cc2ccc(O)cc2)C(=O)NCC(=O)N[C@H](Cc2ccccc2)C(=O)N[C@@H](CC(C)C)C(=O)N1)C(=O)N[C@@H](CCCN=C(N)N)C(=O)N1CCC[C@@H]1C(=O)N[C@H](CCCCN)C(N)=O. The molecule has 98 heavy (non-hydrogen) atoms. The number of nitrogens with zero attached hydrogens (tertiary/aromatic N) is 3. The Hall–Kier alpha value is -9.66. The van der Waals surface area contributed by atoms with Crippen LogP contribution in [0.1, 0.15) is 135 Å². The van der Waals surface area contributed by atoms with Gasteiger partial charge in [-0.25, -0.2) is 0 Å². The summed E-state index contributed by atoms with van der Waals surface area (Å²) in [7, 11) is 0. The van der Waals surface area contributed by atoms with E-state index in [1.807, 2.05) is 0 Å². The number of carbonyl (C=O) groups excluding carboxylic acids is 12. The molecule has 11 atom stereocenters. The summed E-state index contributed by atoms with van der Waals surface area (Å²) in [6.45, 7) is 6.84. The third-order valence-corrected chi connectivity index (χ3v) is 16.7. The molecule has 0 aromatic heterocycles. The van der Waals surface area contributed by atoms with Gasteiger partial charge in [-0.3, -0.25) is 67.5 Å². The molecule has 12 amide bonds. The number of phenolic OH excluding ortho intramolecular Hbond substituents is 1. The highest BCUT2D eigenvalue weighted by Crippen LogP contribution is 2.22. The Kier molecular flexibility index (Phi) is 34.7. The number of phenols is 1. The Morgan fingerprint density at radius 1 is 0.643 bits per heavy atom. The predicted octanol–water partition coefficient (Wildman–Crippen LogP) is -4.01. The molecule has 2 saturated heterocycles. The van der Waals surface area contributed by atoms with Gasteiger partial charge in [0.25, 0.3) is 0 Å². The Morgan fingerprint density at radius 2 is 1.28 bits per heavy atom. The van der Waals surface area contributed by atoms with E-state index in [4.69, 9.17) is 40.1 Å². The molecule has 2 aromatic rings. The number of unbranched alkanes of at least 4 members (excludes halogenated alkanes) is 1. The first-order valence-corrected chi connectivity index (χ1v) is 33.5. The van der Waals surface area contributed by atoms with Crippen LogP contribution in [0.15, 0.2) is 64.6 Å². The number of amides is 12. The molecule has 2 aromatic carbocycles. The van der Waals surface area contributed by atoms with Gasteiger partial charge >= 0.3 is 0 Å². The van der Waals surface area contributed by atoms with Crippen LogP contribution < -0.4 is 93.3 Å². The van der Waals surface area contributed by atoms with Gasteiger partial charge in [-0.1, -0.05) is 76.6 Å². The Morgan fingerprint density at radius 3 is 1.90 bits per heavy atom. The van der Waals surface area contributed by atoms with Gasteiger partial charge in [0.05, 0.1) is 19.0 Å². The summed E-state index contributed by atoms with van der Waals surface area (Å²) in [5.41, 5.74) is 41.2. The third-order valence-electron chi connectivity index (χ3n) is 16.7. The molecule has 0 unspecified atom stereocenters. The highest BCUT2D eigenvalue weighted by molar-refractivity contribution is 5.99. The molecular formula is C65H104N20O13. The molecule has 2 heterocycles. The van der Waals surface area contributed by atoms with E-state index >= 15 is 0 Å². The van der Waals surface area contributed by atoms with Gasteiger partial charge in [0.15, 0.2) is 11.9 Å². The van der Waals surface area contributed by atoms with E-state index in [2.05, 4.69) is 63.2 Å². The Labute approximate surface area is 571 Å². The summed E-state index contributed by atoms with van der Waals surface area (Å²) in [5, 5.41) is 36.6. The molecule has 4 rings (SSSR count). The van der Waals surface area contributed by atoms with Gasteiger partial charge in [-0.2, -0.15) is 0 Å². The second-order valence-electron chi connectivity index (χ2n) is 25.2. The van der Waals surface area contributed by atoms with Crippen molar-refractivity contribution in [1.29, 1.82) is 0 Å². The first kappa shape index (κ1) is 80.8. The maximum absolute atomic E-state index is 14.9. The Balaban J connectivity index is 1.69. The van der Waals surface area contributed by atoms with Crippen molar-refractivity contribution in [2.24, 2.45) is 62.0 Å². The van der Waals surface area contributed by atoms with E-state index in [0.29, 0.717) is 43.4 Å². The van der Waals surface area contributed by atoms with Gasteiger partial charge in [-0.15, -0.1) is 0 Å². The number of nitrogens with two attached hydrogens (primary N) is 7. The van der Waals surface area contributed by atoms with Crippen molar-refractivity contribution in [2.45, 2.75) is 197 Å². The van der Waals surface area contributed by atoms with E-state index in [0.717, 1.165) is 0 Å². The molecule has 2 aliphatic rings. The fourth-order valence-corrected chi connectivity index (χ4v) is 11.1. The maximum atomic E-state index is 14.9. The third kappa shape index (κ3) is 28.6. The van der Waals surface area contributed by atoms with Crippen molar-refractivity contribution >= 4 is 82.8 Å². The smallest absolute Gasteiger partial charge is 0.245 e. The second-order valence-corrected chi connectivity index (χ2v) is 25.2. The van der Waals surface area contributed by atoms with E-state index in [1.54, 1.807) is 70.2 Å². The number of primary amides is 1. The minimum Gasteiger partial charge on any atom is -0.508 e. The minimum absolute atomic E-state index is 0.00553. The summed E-state index contributed by atoms with van der Waals surface area (Å²) in [6.07, 6.45) is 1.91. The summed E-state index contributed by atoms with van der Waals surface area (Å²) >= 11 is 0. The average molecular weight is 1370 g/mol. The van der Waals surface area contributed by atoms with Crippen molar-refractivity contribution in [3.8, 4) is 5.75 Å². The van der Waals surface area contributed by atoms with Crippen LogP contribution in [-0.2, 0) is 70.4 Å². The van der Waals surface area contributed by atoms with Crippen LogP contribution in [0.25, 0.3) is 0 Å². The van der Waals surface area contributed by atoms with Crippen LogP contribution in [-0.4, -0.2) is 192 Å². The lowest BCUT2D eigenvalue weighted by Gasteiger charge is -2.32. The van der Waals surface area contributed by atoms with Gasteiger partial charge < -0.3 is 103 Å². The van der Waals surface area contributed by atoms with E-state index in [9.17, 15) is 62.6 Å². The number of guanidine groups is 2. The number of rotatable bonds is 32. The van der Waals surface area contributed by atoms with Crippen LogP contribution in [0.2, 0.25) is 0 Å². The lowest BCUT2D eigenvalue weighted by molar-refractivity contribution is -0.142. The molecule has 33 heteroatoms. The summed E-state index contributed by atoms with van der Waals surface area (Å²) in [6, 6.07) is 1.52. The van der Waals surface area contributed by atoms with Crippen molar-refractivity contribution < 1.29 is 62.6 Å². The largest absolute Gasteiger partial charge is 0.508 e. The van der Waals surface area contributed by atoms with Crippen molar-refractivity contribution in [1.82, 2.24) is 58.1 Å². The quantitative estimate of drug-likeness (QED) is 0.0189. The molecule has 2 aliphatic heterocycles. The fourth-order valence-electron chi connectivity index (χ4n) is 11.1. The highest BCUT2D eigenvalue weighted by atomic mass is 16.3. The second kappa shape index (κ2) is 42.1. The topological polar surface area (TPSA) is 555 Å². The molecule has 25 N–H and O–H groups in total. The van der Waals surface area contributed by atoms with Gasteiger partial charge in [0.2, 0.25) is 70.9 Å². The molecule has 0 saturated carbocycles. The van der Waals surface area contributed by atoms with E-state index in [1.165, 1.54) is 17.0 Å². The zero-order valence-corrected chi connectivity index (χ0v) is 56.6. The zero-order chi connectivity index (χ0) is 72.4. The molecule has 0 aliphatic carbocycles. The standard InChI is InChI=1S/C65H104N20O13/c1-5-38(4)53(62(97)81-46(21-14-30-75-65(71)72)63(98)85-31-15-22-50(85)61(96)78-43(54(68)89)18-9-11-27-66)84-58(93)45(20-13-29-74-64(69)70)79-57(92)44-19-10-12-28-73-51(87)35-49(82-55(90)42(67)33-40-23-25-41(86)26-24-40)56(91)76-36-52(88)77-48(34-39-16-7-6-8-17-39)60(95)83-47(32-37(2)3)59(94)80-44/h6-8,16-17,23-26,37-38,42-50,53,86H,5,9-15,18-22,27-36,66-67H2,1-4H3,(H2,68,89)(H,73,87)(H,76,91)(H,77,88)(H,78,96)(H,79,92)(H,80,94)(H,81,97)(H,82,90)(H,83,95)(H,84,93)(H4,69,70,74)(H4,71,72,75)/t38-,42-,43+,44-,45-,46-,47-,48+,49-,50+,53-/m0/s1. The summed E-state index contributed by atoms with van der Waals surface area (Å²) in [4.78, 5) is 179.